The highest BCUT2D eigenvalue weighted by atomic mass is 32.1. The molecule has 0 aliphatic heterocycles. The fourth-order valence-electron chi connectivity index (χ4n) is 1.58. The van der Waals surface area contributed by atoms with E-state index in [1.54, 1.807) is 0 Å². The largest absolute Gasteiger partial charge is 0.350 e. The molecular formula is C14H24N2S. The van der Waals surface area contributed by atoms with Crippen LogP contribution in [0.15, 0.2) is 29.3 Å². The van der Waals surface area contributed by atoms with E-state index < -0.39 is 0 Å². The van der Waals surface area contributed by atoms with Crippen LogP contribution in [0.3, 0.4) is 0 Å². The molecule has 1 heterocycles. The van der Waals surface area contributed by atoms with Gasteiger partial charge in [-0.05, 0) is 44.8 Å². The molecule has 3 heteroatoms. The second kappa shape index (κ2) is 8.20. The lowest BCUT2D eigenvalue weighted by Crippen LogP contribution is -1.89. The minimum Gasteiger partial charge on any atom is -0.350 e. The van der Waals surface area contributed by atoms with Crippen molar-refractivity contribution < 1.29 is 0 Å². The van der Waals surface area contributed by atoms with Crippen molar-refractivity contribution in [3.63, 3.8) is 0 Å². The lowest BCUT2D eigenvalue weighted by Gasteiger charge is -1.95. The number of nitrogens with zero attached hydrogens (tertiary/aromatic N) is 1. The second-order valence-corrected chi connectivity index (χ2v) is 4.14. The molecule has 1 aromatic heterocycles. The Morgan fingerprint density at radius 2 is 1.71 bits per heavy atom. The fraction of sp³-hybridized carbons (Fsp3) is 0.429. The Morgan fingerprint density at radius 1 is 1.18 bits per heavy atom. The Bertz CT molecular complexity index is 447. The monoisotopic (exact) mass is 252 g/mol. The van der Waals surface area contributed by atoms with Gasteiger partial charge >= 0.3 is 0 Å². The van der Waals surface area contributed by atoms with Gasteiger partial charge in [-0.3, -0.25) is 0 Å². The zero-order valence-electron chi connectivity index (χ0n) is 11.7. The molecule has 2 rings (SSSR count). The molecule has 0 radical (unpaired) electrons. The van der Waals surface area contributed by atoms with Gasteiger partial charge in [-0.1, -0.05) is 13.8 Å². The number of rotatable bonds is 0. The maximum Gasteiger partial charge on any atom is 0.0481 e. The average molecular weight is 252 g/mol. The standard InChI is InChI=1S/C10H11NS.C2H7N.C2H6/c1-7-6-11(2)10-4-3-8(12)5-9(7)10;1-3-2;1-2/h3-6,12H,1-2H3;3H,1-2H3;1-2H3. The molecule has 1 aromatic carbocycles. The van der Waals surface area contributed by atoms with Gasteiger partial charge in [0.15, 0.2) is 0 Å². The fourth-order valence-corrected chi connectivity index (χ4v) is 1.78. The van der Waals surface area contributed by atoms with Crippen LogP contribution in [-0.2, 0) is 7.05 Å². The van der Waals surface area contributed by atoms with E-state index in [4.69, 9.17) is 0 Å². The van der Waals surface area contributed by atoms with Crippen molar-refractivity contribution in [3.8, 4) is 0 Å². The lowest BCUT2D eigenvalue weighted by atomic mass is 10.2. The number of hydrogen-bond donors (Lipinski definition) is 2. The average Bonchev–Trinajstić information content (AvgIpc) is 2.58. The quantitative estimate of drug-likeness (QED) is 0.685. The number of nitrogens with one attached hydrogen (secondary N) is 1. The molecule has 1 N–H and O–H groups in total. The molecule has 0 unspecified atom stereocenters. The van der Waals surface area contributed by atoms with Crippen molar-refractivity contribution in [2.24, 2.45) is 7.05 Å². The van der Waals surface area contributed by atoms with Crippen molar-refractivity contribution in [3.05, 3.63) is 30.0 Å². The summed E-state index contributed by atoms with van der Waals surface area (Å²) in [5, 5.41) is 4.05. The van der Waals surface area contributed by atoms with E-state index in [0.29, 0.717) is 0 Å². The molecule has 0 atom stereocenters. The van der Waals surface area contributed by atoms with E-state index in [2.05, 4.69) is 54.8 Å². The van der Waals surface area contributed by atoms with Gasteiger partial charge in [0.25, 0.3) is 0 Å². The Labute approximate surface area is 110 Å². The van der Waals surface area contributed by atoms with Crippen molar-refractivity contribution in [1.82, 2.24) is 9.88 Å². The van der Waals surface area contributed by atoms with Crippen LogP contribution in [0.2, 0.25) is 0 Å². The van der Waals surface area contributed by atoms with E-state index in [1.165, 1.54) is 16.5 Å². The smallest absolute Gasteiger partial charge is 0.0481 e. The molecule has 0 aliphatic carbocycles. The number of thiol groups is 1. The van der Waals surface area contributed by atoms with E-state index >= 15 is 0 Å². The Kier molecular flexibility index (Phi) is 7.75. The Balaban J connectivity index is 0.000000450. The molecule has 2 nitrogen and oxygen atoms in total. The third kappa shape index (κ3) is 4.44. The number of fused-ring (bicyclic) bond motifs is 1. The van der Waals surface area contributed by atoms with Crippen molar-refractivity contribution in [2.75, 3.05) is 14.1 Å². The van der Waals surface area contributed by atoms with Crippen LogP contribution in [-0.4, -0.2) is 18.7 Å². The number of hydrogen-bond acceptors (Lipinski definition) is 2. The maximum atomic E-state index is 4.31. The molecule has 17 heavy (non-hydrogen) atoms. The normalized spacial score (nSPS) is 9.12. The van der Waals surface area contributed by atoms with Crippen LogP contribution in [0, 0.1) is 6.92 Å². The van der Waals surface area contributed by atoms with E-state index in [0.717, 1.165) is 4.90 Å². The summed E-state index contributed by atoms with van der Waals surface area (Å²) in [5.74, 6) is 0. The van der Waals surface area contributed by atoms with Gasteiger partial charge in [-0.25, -0.2) is 0 Å². The molecule has 0 amide bonds. The van der Waals surface area contributed by atoms with E-state index in [1.807, 2.05) is 34.0 Å². The summed E-state index contributed by atoms with van der Waals surface area (Å²) in [6.07, 6.45) is 2.14. The van der Waals surface area contributed by atoms with Gasteiger partial charge in [-0.15, -0.1) is 12.6 Å². The topological polar surface area (TPSA) is 17.0 Å². The van der Waals surface area contributed by atoms with Gasteiger partial charge in [0.1, 0.15) is 0 Å². The van der Waals surface area contributed by atoms with Gasteiger partial charge in [0.2, 0.25) is 0 Å². The van der Waals surface area contributed by atoms with Gasteiger partial charge in [-0.2, -0.15) is 0 Å². The Morgan fingerprint density at radius 3 is 2.24 bits per heavy atom. The van der Waals surface area contributed by atoms with Crippen molar-refractivity contribution in [1.29, 1.82) is 0 Å². The molecule has 96 valence electrons. The van der Waals surface area contributed by atoms with Crippen molar-refractivity contribution >= 4 is 23.5 Å². The van der Waals surface area contributed by atoms with Crippen LogP contribution in [0.1, 0.15) is 19.4 Å². The third-order valence-corrected chi connectivity index (χ3v) is 2.45. The summed E-state index contributed by atoms with van der Waals surface area (Å²) >= 11 is 4.31. The summed E-state index contributed by atoms with van der Waals surface area (Å²) in [5.41, 5.74) is 2.58. The molecular weight excluding hydrogens is 228 g/mol. The number of aryl methyl sites for hydroxylation is 2. The van der Waals surface area contributed by atoms with Crippen molar-refractivity contribution in [2.45, 2.75) is 25.7 Å². The van der Waals surface area contributed by atoms with Crippen LogP contribution in [0.25, 0.3) is 10.9 Å². The molecule has 2 aromatic rings. The van der Waals surface area contributed by atoms with Gasteiger partial charge in [0.05, 0.1) is 0 Å². The highest BCUT2D eigenvalue weighted by Gasteiger charge is 2.01. The van der Waals surface area contributed by atoms with Gasteiger partial charge in [0, 0.05) is 29.0 Å². The summed E-state index contributed by atoms with van der Waals surface area (Å²) < 4.78 is 2.14. The minimum absolute atomic E-state index is 1.02. The molecule has 0 aliphatic rings. The molecule has 0 fully saturated rings. The van der Waals surface area contributed by atoms with Crippen LogP contribution < -0.4 is 5.32 Å². The van der Waals surface area contributed by atoms with Crippen LogP contribution >= 0.6 is 12.6 Å². The highest BCUT2D eigenvalue weighted by molar-refractivity contribution is 7.80. The molecule has 0 saturated heterocycles. The first kappa shape index (κ1) is 16.1. The van der Waals surface area contributed by atoms with E-state index in [9.17, 15) is 0 Å². The summed E-state index contributed by atoms with van der Waals surface area (Å²) in [4.78, 5) is 1.02. The zero-order chi connectivity index (χ0) is 13.4. The highest BCUT2D eigenvalue weighted by Crippen LogP contribution is 2.22. The van der Waals surface area contributed by atoms with Gasteiger partial charge < -0.3 is 9.88 Å². The zero-order valence-corrected chi connectivity index (χ0v) is 12.6. The van der Waals surface area contributed by atoms with Crippen LogP contribution in [0.4, 0.5) is 0 Å². The first-order valence-electron chi connectivity index (χ1n) is 5.93. The summed E-state index contributed by atoms with van der Waals surface area (Å²) in [7, 11) is 5.81. The Hall–Kier alpha value is -0.930. The predicted octanol–water partition coefficient (Wildman–Crippen LogP) is 3.64. The number of aromatic nitrogens is 1. The lowest BCUT2D eigenvalue weighted by molar-refractivity contribution is 0.963. The summed E-state index contributed by atoms with van der Waals surface area (Å²) in [6.45, 7) is 6.12. The first-order valence-corrected chi connectivity index (χ1v) is 6.38. The number of benzene rings is 1. The predicted molar refractivity (Wildman–Crippen MR) is 81.2 cm³/mol. The first-order chi connectivity index (χ1) is 8.10. The van der Waals surface area contributed by atoms with Crippen LogP contribution in [0.5, 0.6) is 0 Å². The maximum absolute atomic E-state index is 4.31. The SMILES string of the molecule is CC.CNC.Cc1cn(C)c2ccc(S)cc12. The van der Waals surface area contributed by atoms with E-state index in [-0.39, 0.29) is 0 Å². The minimum atomic E-state index is 1.02. The molecule has 0 saturated carbocycles. The second-order valence-electron chi connectivity index (χ2n) is 3.62. The molecule has 0 bridgehead atoms. The molecule has 0 spiro atoms. The third-order valence-electron chi connectivity index (χ3n) is 2.17. The summed E-state index contributed by atoms with van der Waals surface area (Å²) in [6, 6.07) is 6.23.